The van der Waals surface area contributed by atoms with E-state index in [1.807, 2.05) is 0 Å². The van der Waals surface area contributed by atoms with Gasteiger partial charge in [-0.15, -0.1) is 0 Å². The Hall–Kier alpha value is -1.33. The molecule has 2 rings (SSSR count). The minimum atomic E-state index is -0.315. The first-order chi connectivity index (χ1) is 8.70. The molecule has 5 heteroatoms. The number of aliphatic hydroxyl groups excluding tert-OH is 1. The van der Waals surface area contributed by atoms with E-state index in [1.165, 1.54) is 6.07 Å². The monoisotopic (exact) mass is 310 g/mol. The third-order valence-electron chi connectivity index (χ3n) is 2.47. The summed E-state index contributed by atoms with van der Waals surface area (Å²) < 4.78 is 14.5. The van der Waals surface area contributed by atoms with E-state index in [0.717, 1.165) is 4.47 Å². The molecule has 0 saturated heterocycles. The van der Waals surface area contributed by atoms with Gasteiger partial charge in [0.05, 0.1) is 5.69 Å². The summed E-state index contributed by atoms with van der Waals surface area (Å²) in [4.78, 5) is 8.40. The number of aromatic nitrogens is 2. The molecule has 0 aliphatic rings. The Morgan fingerprint density at radius 1 is 1.28 bits per heavy atom. The fourth-order valence-corrected chi connectivity index (χ4v) is 1.96. The van der Waals surface area contributed by atoms with Crippen LogP contribution in [-0.4, -0.2) is 21.7 Å². The van der Waals surface area contributed by atoms with Gasteiger partial charge in [0.2, 0.25) is 0 Å². The molecule has 1 aromatic carbocycles. The van der Waals surface area contributed by atoms with Crippen molar-refractivity contribution in [2.75, 3.05) is 6.61 Å². The van der Waals surface area contributed by atoms with E-state index in [4.69, 9.17) is 5.11 Å². The van der Waals surface area contributed by atoms with Gasteiger partial charge >= 0.3 is 0 Å². The molecule has 0 atom stereocenters. The van der Waals surface area contributed by atoms with Crippen molar-refractivity contribution in [2.24, 2.45) is 0 Å². The summed E-state index contributed by atoms with van der Waals surface area (Å²) in [7, 11) is 0. The smallest absolute Gasteiger partial charge is 0.132 e. The summed E-state index contributed by atoms with van der Waals surface area (Å²) in [5.74, 6) is 0.297. The highest BCUT2D eigenvalue weighted by Crippen LogP contribution is 2.24. The molecule has 0 bridgehead atoms. The van der Waals surface area contributed by atoms with Crippen molar-refractivity contribution in [2.45, 2.75) is 12.8 Å². The number of rotatable bonds is 4. The Kier molecular flexibility index (Phi) is 4.38. The molecule has 0 saturated carbocycles. The van der Waals surface area contributed by atoms with Gasteiger partial charge in [-0.05, 0) is 30.7 Å². The molecule has 1 aromatic heterocycles. The molecular weight excluding hydrogens is 299 g/mol. The predicted octanol–water partition coefficient (Wildman–Crippen LogP) is 2.97. The van der Waals surface area contributed by atoms with Gasteiger partial charge in [0.25, 0.3) is 0 Å². The zero-order valence-electron chi connectivity index (χ0n) is 9.61. The molecule has 0 spiro atoms. The highest BCUT2D eigenvalue weighted by molar-refractivity contribution is 9.10. The molecule has 0 unspecified atom stereocenters. The number of nitrogens with zero attached hydrogens (tertiary/aromatic N) is 2. The van der Waals surface area contributed by atoms with Crippen LogP contribution in [0.1, 0.15) is 12.2 Å². The summed E-state index contributed by atoms with van der Waals surface area (Å²) in [5, 5.41) is 8.77. The standard InChI is InChI=1S/C13H12BrFN2O/c14-9-3-4-11(15)10(8-9)12-5-6-16-13(17-12)2-1-7-18/h3-6,8,18H,1-2,7H2. The van der Waals surface area contributed by atoms with Crippen LogP contribution in [-0.2, 0) is 6.42 Å². The van der Waals surface area contributed by atoms with E-state index in [2.05, 4.69) is 25.9 Å². The lowest BCUT2D eigenvalue weighted by Crippen LogP contribution is -1.99. The van der Waals surface area contributed by atoms with Crippen LogP contribution >= 0.6 is 15.9 Å². The van der Waals surface area contributed by atoms with Crippen LogP contribution in [0.2, 0.25) is 0 Å². The summed E-state index contributed by atoms with van der Waals surface area (Å²) in [6, 6.07) is 6.41. The summed E-state index contributed by atoms with van der Waals surface area (Å²) in [5.41, 5.74) is 0.994. The maximum absolute atomic E-state index is 13.7. The maximum atomic E-state index is 13.7. The zero-order chi connectivity index (χ0) is 13.0. The van der Waals surface area contributed by atoms with E-state index in [0.29, 0.717) is 29.9 Å². The summed E-state index contributed by atoms with van der Waals surface area (Å²) in [6.07, 6.45) is 2.79. The fraction of sp³-hybridized carbons (Fsp3) is 0.231. The molecule has 1 heterocycles. The number of hydrogen-bond donors (Lipinski definition) is 1. The molecule has 0 aliphatic carbocycles. The number of benzene rings is 1. The Morgan fingerprint density at radius 3 is 2.89 bits per heavy atom. The van der Waals surface area contributed by atoms with Gasteiger partial charge in [0, 0.05) is 29.3 Å². The van der Waals surface area contributed by atoms with Crippen molar-refractivity contribution >= 4 is 15.9 Å². The first-order valence-corrected chi connectivity index (χ1v) is 6.38. The molecule has 0 fully saturated rings. The highest BCUT2D eigenvalue weighted by atomic mass is 79.9. The fourth-order valence-electron chi connectivity index (χ4n) is 1.60. The Balaban J connectivity index is 2.35. The normalized spacial score (nSPS) is 10.6. The average molecular weight is 311 g/mol. The molecule has 0 aliphatic heterocycles. The molecular formula is C13H12BrFN2O. The van der Waals surface area contributed by atoms with Crippen LogP contribution in [0.25, 0.3) is 11.3 Å². The van der Waals surface area contributed by atoms with Crippen LogP contribution < -0.4 is 0 Å². The minimum Gasteiger partial charge on any atom is -0.396 e. The van der Waals surface area contributed by atoms with Crippen LogP contribution in [0.3, 0.4) is 0 Å². The second-order valence-electron chi connectivity index (χ2n) is 3.81. The van der Waals surface area contributed by atoms with Crippen molar-refractivity contribution in [3.63, 3.8) is 0 Å². The van der Waals surface area contributed by atoms with Gasteiger partial charge < -0.3 is 5.11 Å². The lowest BCUT2D eigenvalue weighted by molar-refractivity contribution is 0.287. The van der Waals surface area contributed by atoms with E-state index < -0.39 is 0 Å². The van der Waals surface area contributed by atoms with Gasteiger partial charge in [-0.25, -0.2) is 14.4 Å². The van der Waals surface area contributed by atoms with E-state index in [9.17, 15) is 4.39 Å². The van der Waals surface area contributed by atoms with Gasteiger partial charge in [0.1, 0.15) is 11.6 Å². The largest absolute Gasteiger partial charge is 0.396 e. The maximum Gasteiger partial charge on any atom is 0.132 e. The predicted molar refractivity (Wildman–Crippen MR) is 70.5 cm³/mol. The van der Waals surface area contributed by atoms with Crippen molar-refractivity contribution < 1.29 is 9.50 Å². The molecule has 2 aromatic rings. The first-order valence-electron chi connectivity index (χ1n) is 5.59. The molecule has 18 heavy (non-hydrogen) atoms. The van der Waals surface area contributed by atoms with Crippen LogP contribution in [0.4, 0.5) is 4.39 Å². The van der Waals surface area contributed by atoms with Crippen molar-refractivity contribution in [1.29, 1.82) is 0 Å². The third kappa shape index (κ3) is 3.11. The topological polar surface area (TPSA) is 46.0 Å². The van der Waals surface area contributed by atoms with Gasteiger partial charge in [0.15, 0.2) is 0 Å². The van der Waals surface area contributed by atoms with Gasteiger partial charge in [-0.2, -0.15) is 0 Å². The van der Waals surface area contributed by atoms with Crippen LogP contribution in [0.5, 0.6) is 0 Å². The Morgan fingerprint density at radius 2 is 2.11 bits per heavy atom. The lowest BCUT2D eigenvalue weighted by atomic mass is 10.1. The Labute approximate surface area is 113 Å². The number of halogens is 2. The third-order valence-corrected chi connectivity index (χ3v) is 2.96. The summed E-state index contributed by atoms with van der Waals surface area (Å²) >= 11 is 3.31. The van der Waals surface area contributed by atoms with E-state index in [-0.39, 0.29) is 12.4 Å². The van der Waals surface area contributed by atoms with Gasteiger partial charge in [-0.3, -0.25) is 0 Å². The molecule has 0 radical (unpaired) electrons. The van der Waals surface area contributed by atoms with Crippen molar-refractivity contribution in [3.05, 3.63) is 46.6 Å². The highest BCUT2D eigenvalue weighted by Gasteiger charge is 2.08. The Bertz CT molecular complexity index is 548. The van der Waals surface area contributed by atoms with Crippen LogP contribution in [0, 0.1) is 5.82 Å². The molecule has 0 amide bonds. The minimum absolute atomic E-state index is 0.0961. The van der Waals surface area contributed by atoms with Crippen molar-refractivity contribution in [1.82, 2.24) is 9.97 Å². The molecule has 3 nitrogen and oxygen atoms in total. The number of aryl methyl sites for hydroxylation is 1. The quantitative estimate of drug-likeness (QED) is 0.944. The molecule has 1 N–H and O–H groups in total. The number of aliphatic hydroxyl groups is 1. The lowest BCUT2D eigenvalue weighted by Gasteiger charge is -2.05. The SMILES string of the molecule is OCCCc1nccc(-c2cc(Br)ccc2F)n1. The number of hydrogen-bond acceptors (Lipinski definition) is 3. The van der Waals surface area contributed by atoms with Crippen LogP contribution in [0.15, 0.2) is 34.9 Å². The summed E-state index contributed by atoms with van der Waals surface area (Å²) in [6.45, 7) is 0.0961. The zero-order valence-corrected chi connectivity index (χ0v) is 11.2. The van der Waals surface area contributed by atoms with Gasteiger partial charge in [-0.1, -0.05) is 15.9 Å². The molecule has 94 valence electrons. The second-order valence-corrected chi connectivity index (χ2v) is 4.73. The first kappa shape index (κ1) is 13.1. The second kappa shape index (κ2) is 6.02. The van der Waals surface area contributed by atoms with E-state index in [1.54, 1.807) is 24.4 Å². The average Bonchev–Trinajstić information content (AvgIpc) is 2.39. The van der Waals surface area contributed by atoms with E-state index >= 15 is 0 Å². The van der Waals surface area contributed by atoms with Crippen molar-refractivity contribution in [3.8, 4) is 11.3 Å².